The third kappa shape index (κ3) is 2.23. The first-order chi connectivity index (χ1) is 9.61. The molecule has 1 aromatic heterocycles. The number of rotatable bonds is 3. The molecular weight excluding hydrogens is 276 g/mol. The van der Waals surface area contributed by atoms with Crippen LogP contribution in [-0.2, 0) is 6.54 Å². The topological polar surface area (TPSA) is 64.2 Å². The summed E-state index contributed by atoms with van der Waals surface area (Å²) < 4.78 is 1.45. The number of aromatic nitrogens is 2. The number of fused-ring (bicyclic) bond motifs is 2. The van der Waals surface area contributed by atoms with Crippen molar-refractivity contribution in [1.82, 2.24) is 9.78 Å². The number of nitrogens with zero attached hydrogens (tertiary/aromatic N) is 3. The van der Waals surface area contributed by atoms with Crippen molar-refractivity contribution in [3.05, 3.63) is 21.6 Å². The monoisotopic (exact) mass is 296 g/mol. The molecule has 2 bridgehead atoms. The summed E-state index contributed by atoms with van der Waals surface area (Å²) >= 11 is 6.32. The molecule has 0 aliphatic carbocycles. The highest BCUT2D eigenvalue weighted by atomic mass is 35.5. The van der Waals surface area contributed by atoms with Gasteiger partial charge in [0.1, 0.15) is 5.02 Å². The molecule has 2 saturated heterocycles. The maximum absolute atomic E-state index is 12.2. The van der Waals surface area contributed by atoms with Gasteiger partial charge < -0.3 is 10.6 Å². The molecule has 0 aromatic carbocycles. The number of halogens is 1. The average Bonchev–Trinajstić information content (AvgIpc) is 2.68. The van der Waals surface area contributed by atoms with Gasteiger partial charge in [-0.1, -0.05) is 18.5 Å². The molecule has 0 radical (unpaired) electrons. The molecule has 2 unspecified atom stereocenters. The second kappa shape index (κ2) is 5.37. The third-order valence-corrected chi connectivity index (χ3v) is 4.80. The molecule has 2 fully saturated rings. The van der Waals surface area contributed by atoms with Crippen molar-refractivity contribution in [3.8, 4) is 0 Å². The Morgan fingerprint density at radius 3 is 2.65 bits per heavy atom. The van der Waals surface area contributed by atoms with Gasteiger partial charge in [-0.05, 0) is 32.1 Å². The first-order valence-corrected chi connectivity index (χ1v) is 7.79. The van der Waals surface area contributed by atoms with Crippen molar-refractivity contribution in [1.29, 1.82) is 0 Å². The van der Waals surface area contributed by atoms with E-state index in [1.807, 2.05) is 6.92 Å². The standard InChI is InChI=1S/C14H21ClN4O/c1-2-5-18-14(20)13(15)12(8-17-18)19-10-3-4-11(19)7-9(16)6-10/h8-11H,2-7,16H2,1H3. The van der Waals surface area contributed by atoms with Crippen molar-refractivity contribution in [2.75, 3.05) is 4.90 Å². The number of nitrogens with two attached hydrogens (primary N) is 1. The quantitative estimate of drug-likeness (QED) is 0.923. The molecule has 2 aliphatic heterocycles. The largest absolute Gasteiger partial charge is 0.363 e. The van der Waals surface area contributed by atoms with E-state index in [9.17, 15) is 4.79 Å². The van der Waals surface area contributed by atoms with Gasteiger partial charge in [-0.15, -0.1) is 0 Å². The first kappa shape index (κ1) is 13.9. The van der Waals surface area contributed by atoms with Crippen LogP contribution in [-0.4, -0.2) is 27.9 Å². The van der Waals surface area contributed by atoms with Crippen molar-refractivity contribution in [2.45, 2.75) is 63.7 Å². The number of hydrogen-bond acceptors (Lipinski definition) is 4. The maximum Gasteiger partial charge on any atom is 0.287 e. The highest BCUT2D eigenvalue weighted by molar-refractivity contribution is 6.33. The number of anilines is 1. The third-order valence-electron chi connectivity index (χ3n) is 4.45. The Labute approximate surface area is 123 Å². The Morgan fingerprint density at radius 1 is 1.40 bits per heavy atom. The minimum atomic E-state index is -0.180. The van der Waals surface area contributed by atoms with Gasteiger partial charge in [0.2, 0.25) is 0 Å². The van der Waals surface area contributed by atoms with Crippen molar-refractivity contribution in [3.63, 3.8) is 0 Å². The molecule has 3 heterocycles. The van der Waals surface area contributed by atoms with Crippen LogP contribution >= 0.6 is 11.6 Å². The Morgan fingerprint density at radius 2 is 2.05 bits per heavy atom. The lowest BCUT2D eigenvalue weighted by Gasteiger charge is -2.39. The van der Waals surface area contributed by atoms with E-state index in [0.29, 0.717) is 23.7 Å². The average molecular weight is 297 g/mol. The fraction of sp³-hybridized carbons (Fsp3) is 0.714. The summed E-state index contributed by atoms with van der Waals surface area (Å²) in [6, 6.07) is 1.09. The summed E-state index contributed by atoms with van der Waals surface area (Å²) in [5, 5.41) is 4.57. The predicted molar refractivity (Wildman–Crippen MR) is 80.3 cm³/mol. The highest BCUT2D eigenvalue weighted by Crippen LogP contribution is 2.40. The zero-order valence-corrected chi connectivity index (χ0v) is 12.5. The van der Waals surface area contributed by atoms with E-state index in [-0.39, 0.29) is 11.6 Å². The molecule has 0 amide bonds. The highest BCUT2D eigenvalue weighted by Gasteiger charge is 2.40. The molecule has 110 valence electrons. The van der Waals surface area contributed by atoms with Crippen molar-refractivity contribution < 1.29 is 0 Å². The summed E-state index contributed by atoms with van der Waals surface area (Å²) in [6.45, 7) is 2.62. The van der Waals surface area contributed by atoms with E-state index in [1.165, 1.54) is 4.68 Å². The van der Waals surface area contributed by atoms with E-state index in [1.54, 1.807) is 6.20 Å². The van der Waals surface area contributed by atoms with Crippen LogP contribution in [0.1, 0.15) is 39.0 Å². The molecular formula is C14H21ClN4O. The fourth-order valence-electron chi connectivity index (χ4n) is 3.62. The lowest BCUT2D eigenvalue weighted by Crippen LogP contribution is -2.48. The number of hydrogen-bond donors (Lipinski definition) is 1. The van der Waals surface area contributed by atoms with Crippen LogP contribution in [0.15, 0.2) is 11.0 Å². The van der Waals surface area contributed by atoms with Gasteiger partial charge in [-0.25, -0.2) is 4.68 Å². The summed E-state index contributed by atoms with van der Waals surface area (Å²) in [7, 11) is 0. The lowest BCUT2D eigenvalue weighted by molar-refractivity contribution is 0.413. The Balaban J connectivity index is 1.96. The van der Waals surface area contributed by atoms with Gasteiger partial charge in [-0.3, -0.25) is 4.79 Å². The van der Waals surface area contributed by atoms with Gasteiger partial charge >= 0.3 is 0 Å². The summed E-state index contributed by atoms with van der Waals surface area (Å²) in [5.74, 6) is 0. The SMILES string of the molecule is CCCn1ncc(N2C3CCC2CC(N)C3)c(Cl)c1=O. The van der Waals surface area contributed by atoms with Crippen LogP contribution in [0.4, 0.5) is 5.69 Å². The second-order valence-electron chi connectivity index (χ2n) is 5.90. The van der Waals surface area contributed by atoms with Gasteiger partial charge in [0.25, 0.3) is 5.56 Å². The Bertz CT molecular complexity index is 545. The molecule has 3 rings (SSSR count). The van der Waals surface area contributed by atoms with E-state index in [4.69, 9.17) is 17.3 Å². The van der Waals surface area contributed by atoms with Crippen LogP contribution in [0.2, 0.25) is 5.02 Å². The van der Waals surface area contributed by atoms with Crippen LogP contribution < -0.4 is 16.2 Å². The second-order valence-corrected chi connectivity index (χ2v) is 6.27. The van der Waals surface area contributed by atoms with Gasteiger partial charge in [0.15, 0.2) is 0 Å². The zero-order valence-electron chi connectivity index (χ0n) is 11.8. The fourth-order valence-corrected chi connectivity index (χ4v) is 3.86. The van der Waals surface area contributed by atoms with Gasteiger partial charge in [-0.2, -0.15) is 5.10 Å². The van der Waals surface area contributed by atoms with Crippen molar-refractivity contribution in [2.24, 2.45) is 5.73 Å². The molecule has 2 aliphatic rings. The first-order valence-electron chi connectivity index (χ1n) is 7.41. The van der Waals surface area contributed by atoms with E-state index >= 15 is 0 Å². The molecule has 0 spiro atoms. The molecule has 0 saturated carbocycles. The van der Waals surface area contributed by atoms with Gasteiger partial charge in [0.05, 0.1) is 11.9 Å². The zero-order chi connectivity index (χ0) is 14.3. The molecule has 6 heteroatoms. The van der Waals surface area contributed by atoms with E-state index in [0.717, 1.165) is 37.8 Å². The smallest absolute Gasteiger partial charge is 0.287 e. The number of aryl methyl sites for hydroxylation is 1. The van der Waals surface area contributed by atoms with E-state index < -0.39 is 0 Å². The molecule has 2 atom stereocenters. The van der Waals surface area contributed by atoms with Crippen LogP contribution in [0, 0.1) is 0 Å². The molecule has 5 nitrogen and oxygen atoms in total. The normalized spacial score (nSPS) is 28.9. The predicted octanol–water partition coefficient (Wildman–Crippen LogP) is 1.77. The summed E-state index contributed by atoms with van der Waals surface area (Å²) in [6.07, 6.45) is 6.84. The van der Waals surface area contributed by atoms with Crippen LogP contribution in [0.5, 0.6) is 0 Å². The molecule has 1 aromatic rings. The lowest BCUT2D eigenvalue weighted by atomic mass is 9.98. The van der Waals surface area contributed by atoms with Crippen LogP contribution in [0.3, 0.4) is 0 Å². The Hall–Kier alpha value is -1.07. The molecule has 2 N–H and O–H groups in total. The van der Waals surface area contributed by atoms with Gasteiger partial charge in [0, 0.05) is 24.7 Å². The number of piperidine rings is 1. The van der Waals surface area contributed by atoms with Crippen LogP contribution in [0.25, 0.3) is 0 Å². The minimum absolute atomic E-state index is 0.180. The van der Waals surface area contributed by atoms with E-state index in [2.05, 4.69) is 10.00 Å². The maximum atomic E-state index is 12.2. The van der Waals surface area contributed by atoms with Crippen molar-refractivity contribution >= 4 is 17.3 Å². The summed E-state index contributed by atoms with van der Waals surface area (Å²) in [5.41, 5.74) is 6.70. The molecule has 20 heavy (non-hydrogen) atoms. The minimum Gasteiger partial charge on any atom is -0.363 e. The Kier molecular flexibility index (Phi) is 3.73. The summed E-state index contributed by atoms with van der Waals surface area (Å²) in [4.78, 5) is 14.5.